The number of likely N-dealkylation sites (N-methyl/N-ethyl adjacent to an activating group) is 1. The second kappa shape index (κ2) is 9.20. The van der Waals surface area contributed by atoms with Gasteiger partial charge in [0.2, 0.25) is 0 Å². The third-order valence-electron chi connectivity index (χ3n) is 4.46. The van der Waals surface area contributed by atoms with Crippen molar-refractivity contribution in [2.75, 3.05) is 18.4 Å². The fraction of sp³-hybridized carbons (Fsp3) is 0.650. The quantitative estimate of drug-likeness (QED) is 0.778. The first kappa shape index (κ1) is 19.7. The highest BCUT2D eigenvalue weighted by Gasteiger charge is 2.21. The summed E-state index contributed by atoms with van der Waals surface area (Å²) in [6.45, 7) is 6.72. The number of anilines is 1. The summed E-state index contributed by atoms with van der Waals surface area (Å²) in [7, 11) is 0. The molecule has 5 nitrogen and oxygen atoms in total. The van der Waals surface area contributed by atoms with Crippen LogP contribution in [-0.2, 0) is 11.3 Å². The van der Waals surface area contributed by atoms with Crippen LogP contribution in [0.25, 0.3) is 0 Å². The van der Waals surface area contributed by atoms with Gasteiger partial charge in [-0.25, -0.2) is 4.79 Å². The third-order valence-corrected chi connectivity index (χ3v) is 4.46. The zero-order valence-electron chi connectivity index (χ0n) is 15.8. The Morgan fingerprint density at radius 2 is 2.04 bits per heavy atom. The molecule has 5 heteroatoms. The summed E-state index contributed by atoms with van der Waals surface area (Å²) in [5, 5.41) is 12.8. The van der Waals surface area contributed by atoms with Gasteiger partial charge >= 0.3 is 6.03 Å². The van der Waals surface area contributed by atoms with Crippen molar-refractivity contribution in [2.24, 2.45) is 0 Å². The molecule has 0 spiro atoms. The number of urea groups is 1. The molecule has 0 saturated heterocycles. The minimum absolute atomic E-state index is 0.199. The number of aliphatic hydroxyl groups is 1. The van der Waals surface area contributed by atoms with Crippen LogP contribution in [0.2, 0.25) is 0 Å². The molecule has 0 bridgehead atoms. The Morgan fingerprint density at radius 1 is 1.32 bits per heavy atom. The average Bonchev–Trinajstić information content (AvgIpc) is 2.58. The van der Waals surface area contributed by atoms with E-state index in [1.807, 2.05) is 31.2 Å². The van der Waals surface area contributed by atoms with Gasteiger partial charge in [-0.2, -0.15) is 0 Å². The monoisotopic (exact) mass is 348 g/mol. The van der Waals surface area contributed by atoms with Crippen molar-refractivity contribution in [1.29, 1.82) is 0 Å². The second-order valence-corrected chi connectivity index (χ2v) is 7.53. The number of benzene rings is 1. The molecular weight excluding hydrogens is 316 g/mol. The Hall–Kier alpha value is -1.59. The van der Waals surface area contributed by atoms with Crippen LogP contribution >= 0.6 is 0 Å². The van der Waals surface area contributed by atoms with Gasteiger partial charge in [0, 0.05) is 12.2 Å². The van der Waals surface area contributed by atoms with Crippen molar-refractivity contribution in [3.8, 4) is 0 Å². The van der Waals surface area contributed by atoms with E-state index in [0.29, 0.717) is 25.8 Å². The van der Waals surface area contributed by atoms with Crippen LogP contribution in [0.5, 0.6) is 0 Å². The van der Waals surface area contributed by atoms with Crippen LogP contribution in [0.15, 0.2) is 24.3 Å². The maximum atomic E-state index is 12.4. The molecule has 2 rings (SSSR count). The molecule has 0 aromatic heterocycles. The summed E-state index contributed by atoms with van der Waals surface area (Å²) in [6.07, 6.45) is 6.51. The van der Waals surface area contributed by atoms with Crippen molar-refractivity contribution in [1.82, 2.24) is 4.90 Å². The third kappa shape index (κ3) is 7.04. The van der Waals surface area contributed by atoms with Gasteiger partial charge in [0.25, 0.3) is 0 Å². The van der Waals surface area contributed by atoms with Crippen molar-refractivity contribution in [2.45, 2.75) is 71.2 Å². The molecule has 0 unspecified atom stereocenters. The van der Waals surface area contributed by atoms with Gasteiger partial charge in [-0.15, -0.1) is 0 Å². The van der Waals surface area contributed by atoms with Crippen molar-refractivity contribution in [3.05, 3.63) is 29.8 Å². The van der Waals surface area contributed by atoms with E-state index in [0.717, 1.165) is 24.1 Å². The Kier molecular flexibility index (Phi) is 7.26. The van der Waals surface area contributed by atoms with Crippen molar-refractivity contribution < 1.29 is 14.6 Å². The summed E-state index contributed by atoms with van der Waals surface area (Å²) in [4.78, 5) is 14.0. The number of hydrogen-bond acceptors (Lipinski definition) is 3. The fourth-order valence-electron chi connectivity index (χ4n) is 3.18. The molecule has 2 amide bonds. The number of ether oxygens (including phenoxy) is 1. The van der Waals surface area contributed by atoms with E-state index in [1.165, 1.54) is 19.3 Å². The normalized spacial score (nSPS) is 15.8. The standard InChI is InChI=1S/C20H32N2O3/c1-4-22(15-20(2,3)24)19(23)21-17-10-8-9-16(13-17)14-25-18-11-6-5-7-12-18/h8-10,13,18,24H,4-7,11-12,14-15H2,1-3H3,(H,21,23). The lowest BCUT2D eigenvalue weighted by Crippen LogP contribution is -2.44. The first-order valence-electron chi connectivity index (χ1n) is 9.36. The summed E-state index contributed by atoms with van der Waals surface area (Å²) in [6, 6.07) is 7.59. The number of nitrogens with one attached hydrogen (secondary N) is 1. The van der Waals surface area contributed by atoms with Crippen molar-refractivity contribution in [3.63, 3.8) is 0 Å². The molecule has 1 aliphatic rings. The minimum atomic E-state index is -0.914. The molecule has 0 atom stereocenters. The molecule has 25 heavy (non-hydrogen) atoms. The van der Waals surface area contributed by atoms with Crippen LogP contribution in [0.3, 0.4) is 0 Å². The first-order chi connectivity index (χ1) is 11.9. The van der Waals surface area contributed by atoms with E-state index < -0.39 is 5.60 Å². The predicted octanol–water partition coefficient (Wildman–Crippen LogP) is 4.16. The zero-order valence-corrected chi connectivity index (χ0v) is 15.8. The molecule has 1 aromatic rings. The number of carbonyl (C=O) groups excluding carboxylic acids is 1. The fourth-order valence-corrected chi connectivity index (χ4v) is 3.18. The molecule has 1 saturated carbocycles. The zero-order chi connectivity index (χ0) is 18.3. The van der Waals surface area contributed by atoms with E-state index in [9.17, 15) is 9.90 Å². The average molecular weight is 348 g/mol. The van der Waals surface area contributed by atoms with Crippen LogP contribution < -0.4 is 5.32 Å². The van der Waals surface area contributed by atoms with E-state index >= 15 is 0 Å². The number of rotatable bonds is 7. The van der Waals surface area contributed by atoms with Gasteiger partial charge in [0.05, 0.1) is 24.9 Å². The highest BCUT2D eigenvalue weighted by molar-refractivity contribution is 5.89. The van der Waals surface area contributed by atoms with Gasteiger partial charge in [-0.05, 0) is 51.3 Å². The van der Waals surface area contributed by atoms with E-state index in [-0.39, 0.29) is 6.03 Å². The summed E-state index contributed by atoms with van der Waals surface area (Å²) in [5.74, 6) is 0. The lowest BCUT2D eigenvalue weighted by Gasteiger charge is -2.28. The van der Waals surface area contributed by atoms with Gasteiger partial charge < -0.3 is 20.1 Å². The van der Waals surface area contributed by atoms with Gasteiger partial charge in [-0.1, -0.05) is 31.4 Å². The molecule has 2 N–H and O–H groups in total. The highest BCUT2D eigenvalue weighted by atomic mass is 16.5. The maximum absolute atomic E-state index is 12.4. The SMILES string of the molecule is CCN(CC(C)(C)O)C(=O)Nc1cccc(COC2CCCCC2)c1. The van der Waals surface area contributed by atoms with Gasteiger partial charge in [0.15, 0.2) is 0 Å². The summed E-state index contributed by atoms with van der Waals surface area (Å²) >= 11 is 0. The number of carbonyl (C=O) groups is 1. The Labute approximate surface area is 151 Å². The second-order valence-electron chi connectivity index (χ2n) is 7.53. The first-order valence-corrected chi connectivity index (χ1v) is 9.36. The molecule has 1 aliphatic carbocycles. The number of hydrogen-bond donors (Lipinski definition) is 2. The lowest BCUT2D eigenvalue weighted by molar-refractivity contribution is 0.0169. The Bertz CT molecular complexity index is 548. The molecule has 0 heterocycles. The molecule has 0 radical (unpaired) electrons. The van der Waals surface area contributed by atoms with Crippen LogP contribution in [0.4, 0.5) is 10.5 Å². The smallest absolute Gasteiger partial charge is 0.321 e. The number of amides is 2. The van der Waals surface area contributed by atoms with Crippen LogP contribution in [0.1, 0.15) is 58.4 Å². The topological polar surface area (TPSA) is 61.8 Å². The molecule has 1 aromatic carbocycles. The summed E-state index contributed by atoms with van der Waals surface area (Å²) in [5.41, 5.74) is 0.904. The van der Waals surface area contributed by atoms with E-state index in [2.05, 4.69) is 5.32 Å². The Balaban J connectivity index is 1.90. The number of nitrogens with zero attached hydrogens (tertiary/aromatic N) is 1. The molecular formula is C20H32N2O3. The molecule has 1 fully saturated rings. The van der Waals surface area contributed by atoms with E-state index in [1.54, 1.807) is 18.7 Å². The van der Waals surface area contributed by atoms with Gasteiger partial charge in [-0.3, -0.25) is 0 Å². The van der Waals surface area contributed by atoms with E-state index in [4.69, 9.17) is 4.74 Å². The van der Waals surface area contributed by atoms with Crippen LogP contribution in [-0.4, -0.2) is 40.8 Å². The molecule has 140 valence electrons. The largest absolute Gasteiger partial charge is 0.389 e. The highest BCUT2D eigenvalue weighted by Crippen LogP contribution is 2.22. The minimum Gasteiger partial charge on any atom is -0.389 e. The van der Waals surface area contributed by atoms with Crippen molar-refractivity contribution >= 4 is 11.7 Å². The summed E-state index contributed by atoms with van der Waals surface area (Å²) < 4.78 is 6.01. The maximum Gasteiger partial charge on any atom is 0.321 e. The van der Waals surface area contributed by atoms with Gasteiger partial charge in [0.1, 0.15) is 0 Å². The lowest BCUT2D eigenvalue weighted by atomic mass is 9.98. The predicted molar refractivity (Wildman–Crippen MR) is 101 cm³/mol. The molecule has 0 aliphatic heterocycles. The van der Waals surface area contributed by atoms with Crippen LogP contribution in [0, 0.1) is 0 Å². The Morgan fingerprint density at radius 3 is 2.68 bits per heavy atom.